The summed E-state index contributed by atoms with van der Waals surface area (Å²) in [5, 5.41) is 5.92. The second-order valence-corrected chi connectivity index (χ2v) is 6.56. The first-order valence-electron chi connectivity index (χ1n) is 9.40. The first kappa shape index (κ1) is 23.0. The number of rotatable bonds is 8. The zero-order chi connectivity index (χ0) is 22.3. The van der Waals surface area contributed by atoms with Gasteiger partial charge >= 0.3 is 6.03 Å². The Morgan fingerprint density at radius 1 is 1.13 bits per heavy atom. The van der Waals surface area contributed by atoms with Crippen molar-refractivity contribution in [3.05, 3.63) is 53.1 Å². The van der Waals surface area contributed by atoms with E-state index in [4.69, 9.17) is 26.0 Å². The average Bonchev–Trinajstić information content (AvgIpc) is 2.75. The maximum atomic E-state index is 12.2. The van der Waals surface area contributed by atoms with Crippen LogP contribution in [0, 0.1) is 6.92 Å². The summed E-state index contributed by atoms with van der Waals surface area (Å²) in [7, 11) is 4.49. The predicted octanol–water partition coefficient (Wildman–Crippen LogP) is 2.95. The van der Waals surface area contributed by atoms with Crippen molar-refractivity contribution in [2.45, 2.75) is 26.9 Å². The minimum Gasteiger partial charge on any atom is -0.496 e. The molecular weight excluding hydrogens is 386 g/mol. The molecule has 0 unspecified atom stereocenters. The van der Waals surface area contributed by atoms with Crippen LogP contribution in [0.15, 0.2) is 41.6 Å². The molecule has 9 nitrogen and oxygen atoms in total. The summed E-state index contributed by atoms with van der Waals surface area (Å²) in [6.45, 7) is 4.10. The molecular formula is C21H29N5O4. The van der Waals surface area contributed by atoms with E-state index in [0.29, 0.717) is 22.7 Å². The van der Waals surface area contributed by atoms with Crippen molar-refractivity contribution in [2.24, 2.45) is 16.8 Å². The Hall–Kier alpha value is -3.30. The molecule has 30 heavy (non-hydrogen) atoms. The summed E-state index contributed by atoms with van der Waals surface area (Å²) in [5.41, 5.74) is 3.81. The summed E-state index contributed by atoms with van der Waals surface area (Å²) in [4.78, 5) is 17.1. The molecule has 0 atom stereocenters. The Labute approximate surface area is 176 Å². The van der Waals surface area contributed by atoms with E-state index >= 15 is 0 Å². The van der Waals surface area contributed by atoms with Gasteiger partial charge in [0.25, 0.3) is 0 Å². The number of methoxy groups -OCH3 is 1. The summed E-state index contributed by atoms with van der Waals surface area (Å²) in [6.07, 6.45) is 0.744. The lowest BCUT2D eigenvalue weighted by Gasteiger charge is -2.24. The minimum atomic E-state index is -0.574. The predicted molar refractivity (Wildman–Crippen MR) is 116 cm³/mol. The van der Waals surface area contributed by atoms with Crippen molar-refractivity contribution in [3.63, 3.8) is 0 Å². The van der Waals surface area contributed by atoms with Crippen LogP contribution in [0.25, 0.3) is 0 Å². The number of amides is 2. The molecule has 162 valence electrons. The van der Waals surface area contributed by atoms with Crippen LogP contribution in [-0.2, 0) is 11.4 Å². The van der Waals surface area contributed by atoms with Gasteiger partial charge in [-0.3, -0.25) is 5.01 Å². The van der Waals surface area contributed by atoms with Crippen LogP contribution in [0.5, 0.6) is 11.5 Å². The van der Waals surface area contributed by atoms with E-state index in [1.165, 1.54) is 14.2 Å². The van der Waals surface area contributed by atoms with Gasteiger partial charge in [0.05, 0.1) is 24.1 Å². The third-order valence-electron chi connectivity index (χ3n) is 4.51. The smallest absolute Gasteiger partial charge is 0.352 e. The quantitative estimate of drug-likeness (QED) is 0.296. The van der Waals surface area contributed by atoms with Gasteiger partial charge in [0.1, 0.15) is 25.2 Å². The van der Waals surface area contributed by atoms with Crippen molar-refractivity contribution < 1.29 is 19.1 Å². The van der Waals surface area contributed by atoms with E-state index in [1.807, 2.05) is 32.0 Å². The molecule has 0 aliphatic heterocycles. The zero-order valence-electron chi connectivity index (χ0n) is 18.0. The molecule has 9 heteroatoms. The van der Waals surface area contributed by atoms with E-state index in [2.05, 4.69) is 5.16 Å². The number of aryl methyl sites for hydroxylation is 1. The Morgan fingerprint density at radius 3 is 2.43 bits per heavy atom. The Kier molecular flexibility index (Phi) is 8.02. The number of hydrazine groups is 2. The second-order valence-electron chi connectivity index (χ2n) is 6.56. The fourth-order valence-electron chi connectivity index (χ4n) is 2.96. The molecule has 0 spiro atoms. The first-order chi connectivity index (χ1) is 14.3. The van der Waals surface area contributed by atoms with Crippen LogP contribution < -0.4 is 26.2 Å². The fraction of sp³-hybridized carbons (Fsp3) is 0.333. The maximum absolute atomic E-state index is 12.2. The largest absolute Gasteiger partial charge is 0.496 e. The number of carbonyl (C=O) groups excluding carboxylic acids is 1. The monoisotopic (exact) mass is 415 g/mol. The molecule has 0 heterocycles. The number of nitrogens with two attached hydrogens (primary N) is 2. The number of hydrogen-bond acceptors (Lipinski definition) is 7. The summed E-state index contributed by atoms with van der Waals surface area (Å²) >= 11 is 0. The molecule has 2 rings (SSSR count). The summed E-state index contributed by atoms with van der Waals surface area (Å²) in [5.74, 6) is 12.8. The molecule has 0 saturated heterocycles. The molecule has 0 fully saturated rings. The highest BCUT2D eigenvalue weighted by atomic mass is 16.6. The molecule has 0 aromatic heterocycles. The molecule has 2 aromatic carbocycles. The van der Waals surface area contributed by atoms with Crippen LogP contribution in [-0.4, -0.2) is 38.0 Å². The average molecular weight is 415 g/mol. The topological polar surface area (TPSA) is 116 Å². The van der Waals surface area contributed by atoms with Gasteiger partial charge in [0.15, 0.2) is 0 Å². The van der Waals surface area contributed by atoms with Gasteiger partial charge in [-0.15, -0.1) is 0 Å². The number of hydrogen-bond donors (Lipinski definition) is 2. The summed E-state index contributed by atoms with van der Waals surface area (Å²) in [6, 6.07) is 10.4. The van der Waals surface area contributed by atoms with Gasteiger partial charge in [-0.1, -0.05) is 18.1 Å². The molecule has 0 aliphatic rings. The van der Waals surface area contributed by atoms with Gasteiger partial charge < -0.3 is 14.3 Å². The van der Waals surface area contributed by atoms with Crippen molar-refractivity contribution in [3.8, 4) is 11.5 Å². The zero-order valence-corrected chi connectivity index (χ0v) is 18.0. The lowest BCUT2D eigenvalue weighted by Crippen LogP contribution is -2.49. The van der Waals surface area contributed by atoms with E-state index in [1.54, 1.807) is 25.3 Å². The summed E-state index contributed by atoms with van der Waals surface area (Å²) < 4.78 is 11.5. The first-order valence-corrected chi connectivity index (χ1v) is 9.40. The Morgan fingerprint density at radius 2 is 1.87 bits per heavy atom. The van der Waals surface area contributed by atoms with E-state index in [9.17, 15) is 4.79 Å². The molecule has 0 bridgehead atoms. The van der Waals surface area contributed by atoms with E-state index in [-0.39, 0.29) is 6.61 Å². The fourth-order valence-corrected chi connectivity index (χ4v) is 2.96. The van der Waals surface area contributed by atoms with Crippen LogP contribution in [0.3, 0.4) is 0 Å². The minimum absolute atomic E-state index is 0.140. The van der Waals surface area contributed by atoms with Crippen LogP contribution in [0.4, 0.5) is 10.5 Å². The molecule has 0 aliphatic carbocycles. The normalized spacial score (nSPS) is 11.1. The number of anilines is 1. The van der Waals surface area contributed by atoms with Crippen molar-refractivity contribution in [2.75, 3.05) is 26.3 Å². The highest BCUT2D eigenvalue weighted by Crippen LogP contribution is 2.31. The van der Waals surface area contributed by atoms with Crippen LogP contribution >= 0.6 is 0 Å². The third-order valence-corrected chi connectivity index (χ3v) is 4.51. The third kappa shape index (κ3) is 5.19. The van der Waals surface area contributed by atoms with Crippen molar-refractivity contribution in [1.82, 2.24) is 5.01 Å². The maximum Gasteiger partial charge on any atom is 0.352 e. The van der Waals surface area contributed by atoms with Crippen LogP contribution in [0.2, 0.25) is 0 Å². The lowest BCUT2D eigenvalue weighted by atomic mass is 10.0. The van der Waals surface area contributed by atoms with Gasteiger partial charge in [-0.2, -0.15) is 0 Å². The van der Waals surface area contributed by atoms with Gasteiger partial charge in [-0.05, 0) is 54.8 Å². The van der Waals surface area contributed by atoms with Crippen LogP contribution in [0.1, 0.15) is 30.0 Å². The van der Waals surface area contributed by atoms with Gasteiger partial charge in [0.2, 0.25) is 0 Å². The number of benzene rings is 2. The Balaban J connectivity index is 2.31. The van der Waals surface area contributed by atoms with Gasteiger partial charge in [-0.25, -0.2) is 21.5 Å². The van der Waals surface area contributed by atoms with Crippen molar-refractivity contribution in [1.29, 1.82) is 0 Å². The number of ether oxygens (including phenoxy) is 2. The Bertz CT molecular complexity index is 914. The lowest BCUT2D eigenvalue weighted by molar-refractivity contribution is 0.213. The number of nitrogens with zero attached hydrogens (tertiary/aromatic N) is 3. The number of urea groups is 1. The standard InChI is InChI=1S/C21H29N5O4/c1-6-17(24-29-5)15-10-11-19(14(2)12-15)30-13-16-18(8-7-9-20(16)28-4)26(23)21(27)25(3)22/h7-12H,6,13,22-23H2,1-5H3. The van der Waals surface area contributed by atoms with E-state index < -0.39 is 6.03 Å². The van der Waals surface area contributed by atoms with Crippen molar-refractivity contribution >= 4 is 17.4 Å². The SMILES string of the molecule is CCC(=NOC)c1ccc(OCc2c(OC)cccc2N(N)C(=O)N(C)N)c(C)c1. The molecule has 0 radical (unpaired) electrons. The molecule has 2 amide bonds. The molecule has 2 aromatic rings. The number of oxime groups is 1. The molecule has 4 N–H and O–H groups in total. The molecule has 0 saturated carbocycles. The highest BCUT2D eigenvalue weighted by Gasteiger charge is 2.20. The van der Waals surface area contributed by atoms with Gasteiger partial charge in [0, 0.05) is 7.05 Å². The number of carbonyl (C=O) groups is 1. The second kappa shape index (κ2) is 10.5. The van der Waals surface area contributed by atoms with E-state index in [0.717, 1.165) is 33.3 Å². The highest BCUT2D eigenvalue weighted by molar-refractivity contribution is 6.00.